The van der Waals surface area contributed by atoms with E-state index in [0.29, 0.717) is 24.8 Å². The smallest absolute Gasteiger partial charge is 0.259 e. The van der Waals surface area contributed by atoms with Crippen LogP contribution in [-0.4, -0.2) is 43.7 Å². The molecule has 4 aromatic rings. The van der Waals surface area contributed by atoms with Gasteiger partial charge in [0.2, 0.25) is 5.91 Å². The molecule has 32 heavy (non-hydrogen) atoms. The summed E-state index contributed by atoms with van der Waals surface area (Å²) >= 11 is 0. The van der Waals surface area contributed by atoms with E-state index >= 15 is 0 Å². The highest BCUT2D eigenvalue weighted by molar-refractivity contribution is 5.80. The van der Waals surface area contributed by atoms with E-state index in [0.717, 1.165) is 47.6 Å². The Balaban J connectivity index is 1.22. The molecule has 4 heterocycles. The van der Waals surface area contributed by atoms with Gasteiger partial charge in [0.25, 0.3) is 5.89 Å². The van der Waals surface area contributed by atoms with Gasteiger partial charge in [0, 0.05) is 26.3 Å². The van der Waals surface area contributed by atoms with Gasteiger partial charge in [-0.05, 0) is 44.0 Å². The van der Waals surface area contributed by atoms with Gasteiger partial charge in [-0.2, -0.15) is 4.98 Å². The first kappa shape index (κ1) is 20.2. The number of hydrogen-bond donors (Lipinski definition) is 1. The van der Waals surface area contributed by atoms with Crippen molar-refractivity contribution in [3.05, 3.63) is 54.2 Å². The van der Waals surface area contributed by atoms with Gasteiger partial charge in [0.1, 0.15) is 11.6 Å². The van der Waals surface area contributed by atoms with Crippen molar-refractivity contribution in [1.82, 2.24) is 30.0 Å². The number of hydrogen-bond acceptors (Lipinski definition) is 7. The molecule has 9 heteroatoms. The van der Waals surface area contributed by atoms with Gasteiger partial charge in [-0.3, -0.25) is 4.79 Å². The fourth-order valence-electron chi connectivity index (χ4n) is 4.18. The number of carbonyl (C=O) groups excluding carboxylic acids is 1. The van der Waals surface area contributed by atoms with Crippen LogP contribution in [0.5, 0.6) is 0 Å². The second kappa shape index (κ2) is 8.41. The van der Waals surface area contributed by atoms with E-state index in [1.807, 2.05) is 48.0 Å². The van der Waals surface area contributed by atoms with Crippen LogP contribution in [0, 0.1) is 12.8 Å². The Morgan fingerprint density at radius 2 is 2.09 bits per heavy atom. The number of rotatable bonds is 5. The van der Waals surface area contributed by atoms with Crippen LogP contribution in [0.25, 0.3) is 22.5 Å². The zero-order chi connectivity index (χ0) is 22.1. The van der Waals surface area contributed by atoms with Crippen molar-refractivity contribution in [3.8, 4) is 11.5 Å². The van der Waals surface area contributed by atoms with Crippen molar-refractivity contribution in [2.75, 3.05) is 18.0 Å². The third-order valence-corrected chi connectivity index (χ3v) is 5.94. The minimum Gasteiger partial charge on any atom is -0.356 e. The number of piperidine rings is 1. The molecule has 1 atom stereocenters. The SMILES string of the molecule is Cc1noc(-c2ccc(N3CCC[C@@H](C(=O)NCc4nc5ccccc5n4C)C3)nc2)n1. The molecule has 3 aromatic heterocycles. The fourth-order valence-corrected chi connectivity index (χ4v) is 4.18. The molecule has 0 unspecified atom stereocenters. The number of amides is 1. The van der Waals surface area contributed by atoms with E-state index in [2.05, 4.69) is 30.3 Å². The third-order valence-electron chi connectivity index (χ3n) is 5.94. The first-order chi connectivity index (χ1) is 15.6. The summed E-state index contributed by atoms with van der Waals surface area (Å²) in [5.41, 5.74) is 2.78. The number of nitrogens with one attached hydrogen (secondary N) is 1. The number of fused-ring (bicyclic) bond motifs is 1. The standard InChI is InChI=1S/C23H25N7O2/c1-15-26-23(32-28-15)16-9-10-20(24-12-16)30-11-5-6-17(14-30)22(31)25-13-21-27-18-7-3-4-8-19(18)29(21)2/h3-4,7-10,12,17H,5-6,11,13-14H2,1-2H3,(H,25,31)/t17-/m1/s1. The van der Waals surface area contributed by atoms with E-state index in [4.69, 9.17) is 4.52 Å². The molecule has 164 valence electrons. The summed E-state index contributed by atoms with van der Waals surface area (Å²) in [5.74, 6) is 2.71. The summed E-state index contributed by atoms with van der Waals surface area (Å²) in [6.07, 6.45) is 3.54. The van der Waals surface area contributed by atoms with Crippen LogP contribution >= 0.6 is 0 Å². The number of pyridine rings is 1. The number of aromatic nitrogens is 5. The molecule has 0 radical (unpaired) electrons. The highest BCUT2D eigenvalue weighted by atomic mass is 16.5. The minimum atomic E-state index is -0.0847. The van der Waals surface area contributed by atoms with E-state index in [1.54, 1.807) is 13.1 Å². The molecule has 9 nitrogen and oxygen atoms in total. The monoisotopic (exact) mass is 431 g/mol. The maximum absolute atomic E-state index is 12.9. The quantitative estimate of drug-likeness (QED) is 0.518. The summed E-state index contributed by atoms with van der Waals surface area (Å²) < 4.78 is 7.23. The molecule has 1 fully saturated rings. The van der Waals surface area contributed by atoms with Gasteiger partial charge in [-0.25, -0.2) is 9.97 Å². The van der Waals surface area contributed by atoms with Crippen molar-refractivity contribution in [3.63, 3.8) is 0 Å². The Morgan fingerprint density at radius 3 is 2.84 bits per heavy atom. The fraction of sp³-hybridized carbons (Fsp3) is 0.348. The van der Waals surface area contributed by atoms with Gasteiger partial charge < -0.3 is 19.3 Å². The van der Waals surface area contributed by atoms with E-state index in [9.17, 15) is 4.79 Å². The predicted octanol–water partition coefficient (Wildman–Crippen LogP) is 2.86. The summed E-state index contributed by atoms with van der Waals surface area (Å²) in [4.78, 5) is 28.5. The zero-order valence-electron chi connectivity index (χ0n) is 18.2. The van der Waals surface area contributed by atoms with Crippen molar-refractivity contribution in [2.45, 2.75) is 26.3 Å². The lowest BCUT2D eigenvalue weighted by Crippen LogP contribution is -2.43. The van der Waals surface area contributed by atoms with Crippen LogP contribution in [0.4, 0.5) is 5.82 Å². The van der Waals surface area contributed by atoms with Crippen LogP contribution in [-0.2, 0) is 18.4 Å². The lowest BCUT2D eigenvalue weighted by molar-refractivity contribution is -0.125. The Morgan fingerprint density at radius 1 is 1.22 bits per heavy atom. The Kier molecular flexibility index (Phi) is 5.30. The lowest BCUT2D eigenvalue weighted by atomic mass is 9.97. The summed E-state index contributed by atoms with van der Waals surface area (Å²) in [7, 11) is 1.98. The first-order valence-corrected chi connectivity index (χ1v) is 10.8. The molecule has 1 N–H and O–H groups in total. The molecule has 0 spiro atoms. The average molecular weight is 432 g/mol. The van der Waals surface area contributed by atoms with Gasteiger partial charge in [0.05, 0.1) is 29.1 Å². The summed E-state index contributed by atoms with van der Waals surface area (Å²) in [6, 6.07) is 11.8. The highest BCUT2D eigenvalue weighted by Gasteiger charge is 2.27. The number of nitrogens with zero attached hydrogens (tertiary/aromatic N) is 6. The minimum absolute atomic E-state index is 0.0553. The van der Waals surface area contributed by atoms with Crippen molar-refractivity contribution in [1.29, 1.82) is 0 Å². The zero-order valence-corrected chi connectivity index (χ0v) is 18.2. The maximum Gasteiger partial charge on any atom is 0.259 e. The van der Waals surface area contributed by atoms with Crippen LogP contribution in [0.1, 0.15) is 24.5 Å². The van der Waals surface area contributed by atoms with Gasteiger partial charge in [-0.1, -0.05) is 17.3 Å². The molecular formula is C23H25N7O2. The second-order valence-electron chi connectivity index (χ2n) is 8.13. The summed E-state index contributed by atoms with van der Waals surface area (Å²) in [6.45, 7) is 3.71. The number of carbonyl (C=O) groups is 1. The van der Waals surface area contributed by atoms with Crippen LogP contribution in [0.3, 0.4) is 0 Å². The molecule has 0 bridgehead atoms. The number of aryl methyl sites for hydroxylation is 2. The molecule has 1 aliphatic rings. The normalized spacial score (nSPS) is 16.4. The second-order valence-corrected chi connectivity index (χ2v) is 8.13. The van der Waals surface area contributed by atoms with Crippen molar-refractivity contribution in [2.24, 2.45) is 13.0 Å². The van der Waals surface area contributed by atoms with Gasteiger partial charge >= 0.3 is 0 Å². The molecular weight excluding hydrogens is 406 g/mol. The topological polar surface area (TPSA) is 102 Å². The van der Waals surface area contributed by atoms with E-state index < -0.39 is 0 Å². The Bertz CT molecular complexity index is 1240. The van der Waals surface area contributed by atoms with Gasteiger partial charge in [-0.15, -0.1) is 0 Å². The molecule has 0 aliphatic carbocycles. The van der Waals surface area contributed by atoms with Crippen molar-refractivity contribution >= 4 is 22.8 Å². The Labute approximate surface area is 185 Å². The van der Waals surface area contributed by atoms with Crippen molar-refractivity contribution < 1.29 is 9.32 Å². The molecule has 1 amide bonds. The first-order valence-electron chi connectivity index (χ1n) is 10.8. The molecule has 1 saturated heterocycles. The molecule has 5 rings (SSSR count). The molecule has 0 saturated carbocycles. The lowest BCUT2D eigenvalue weighted by Gasteiger charge is -2.32. The Hall–Kier alpha value is -3.75. The van der Waals surface area contributed by atoms with Crippen LogP contribution < -0.4 is 10.2 Å². The number of benzene rings is 1. The summed E-state index contributed by atoms with van der Waals surface area (Å²) in [5, 5.41) is 6.90. The third kappa shape index (κ3) is 3.93. The molecule has 1 aromatic carbocycles. The van der Waals surface area contributed by atoms with E-state index in [-0.39, 0.29) is 11.8 Å². The van der Waals surface area contributed by atoms with Crippen LogP contribution in [0.15, 0.2) is 47.1 Å². The van der Waals surface area contributed by atoms with Crippen LogP contribution in [0.2, 0.25) is 0 Å². The van der Waals surface area contributed by atoms with E-state index in [1.165, 1.54) is 0 Å². The highest BCUT2D eigenvalue weighted by Crippen LogP contribution is 2.24. The van der Waals surface area contributed by atoms with Gasteiger partial charge in [0.15, 0.2) is 5.82 Å². The number of para-hydroxylation sites is 2. The maximum atomic E-state index is 12.9. The average Bonchev–Trinajstić information content (AvgIpc) is 3.41. The number of imidazole rings is 1. The molecule has 1 aliphatic heterocycles. The number of anilines is 1. The largest absolute Gasteiger partial charge is 0.356 e. The predicted molar refractivity (Wildman–Crippen MR) is 120 cm³/mol.